The molecule has 0 fully saturated rings. The molecule has 0 aromatic rings. The molecule has 0 bridgehead atoms. The standard InChI is InChI=1S/C4H11N3O2/c1-2-7(6)3(5)4(8)9/h3H,2,5-6H2,1H3,(H,8,9). The summed E-state index contributed by atoms with van der Waals surface area (Å²) in [6.45, 7) is 2.15. The van der Waals surface area contributed by atoms with Crippen LogP contribution in [-0.4, -0.2) is 28.8 Å². The normalized spacial score (nSPS) is 13.8. The van der Waals surface area contributed by atoms with Gasteiger partial charge in [-0.2, -0.15) is 0 Å². The van der Waals surface area contributed by atoms with Gasteiger partial charge in [0.1, 0.15) is 0 Å². The van der Waals surface area contributed by atoms with Crippen LogP contribution in [0.1, 0.15) is 6.92 Å². The highest BCUT2D eigenvalue weighted by molar-refractivity contribution is 5.72. The maximum Gasteiger partial charge on any atom is 0.336 e. The van der Waals surface area contributed by atoms with Gasteiger partial charge in [-0.05, 0) is 0 Å². The number of hydrogen-bond donors (Lipinski definition) is 3. The van der Waals surface area contributed by atoms with Crippen LogP contribution in [0.4, 0.5) is 0 Å². The molecule has 0 saturated carbocycles. The van der Waals surface area contributed by atoms with Crippen molar-refractivity contribution in [2.45, 2.75) is 13.1 Å². The summed E-state index contributed by atoms with van der Waals surface area (Å²) in [5, 5.41) is 9.28. The van der Waals surface area contributed by atoms with Crippen molar-refractivity contribution >= 4 is 5.97 Å². The molecular formula is C4H11N3O2. The maximum atomic E-state index is 10.1. The van der Waals surface area contributed by atoms with E-state index in [2.05, 4.69) is 0 Å². The van der Waals surface area contributed by atoms with Crippen LogP contribution in [0.25, 0.3) is 0 Å². The van der Waals surface area contributed by atoms with Crippen LogP contribution in [0.2, 0.25) is 0 Å². The smallest absolute Gasteiger partial charge is 0.336 e. The van der Waals surface area contributed by atoms with Crippen LogP contribution < -0.4 is 11.6 Å². The lowest BCUT2D eigenvalue weighted by Gasteiger charge is -2.17. The van der Waals surface area contributed by atoms with Gasteiger partial charge >= 0.3 is 5.97 Å². The van der Waals surface area contributed by atoms with Crippen molar-refractivity contribution in [2.75, 3.05) is 6.54 Å². The van der Waals surface area contributed by atoms with E-state index in [1.165, 1.54) is 0 Å². The van der Waals surface area contributed by atoms with E-state index < -0.39 is 12.1 Å². The van der Waals surface area contributed by atoms with E-state index in [0.29, 0.717) is 6.54 Å². The van der Waals surface area contributed by atoms with Gasteiger partial charge in [-0.25, -0.2) is 9.80 Å². The summed E-state index contributed by atoms with van der Waals surface area (Å²) < 4.78 is 0. The number of carbonyl (C=O) groups is 1. The summed E-state index contributed by atoms with van der Waals surface area (Å²) in [5.41, 5.74) is 5.07. The van der Waals surface area contributed by atoms with Gasteiger partial charge in [-0.3, -0.25) is 5.84 Å². The highest BCUT2D eigenvalue weighted by atomic mass is 16.4. The zero-order valence-corrected chi connectivity index (χ0v) is 5.24. The summed E-state index contributed by atoms with van der Waals surface area (Å²) in [6.07, 6.45) is -1.09. The van der Waals surface area contributed by atoms with Gasteiger partial charge in [-0.1, -0.05) is 6.92 Å². The molecule has 0 aromatic heterocycles. The number of carboxylic acid groups (broad SMARTS) is 1. The number of likely N-dealkylation sites (N-methyl/N-ethyl adjacent to an activating group) is 1. The summed E-state index contributed by atoms with van der Waals surface area (Å²) in [4.78, 5) is 10.1. The van der Waals surface area contributed by atoms with Gasteiger partial charge in [-0.15, -0.1) is 0 Å². The second-order valence-corrected chi connectivity index (χ2v) is 1.61. The maximum absolute atomic E-state index is 10.1. The number of nitrogens with zero attached hydrogens (tertiary/aromatic N) is 1. The van der Waals surface area contributed by atoms with Gasteiger partial charge in [0.2, 0.25) is 0 Å². The SMILES string of the molecule is CCN(N)C(N)C(=O)O. The van der Waals surface area contributed by atoms with Crippen LogP contribution in [-0.2, 0) is 4.79 Å². The Morgan fingerprint density at radius 2 is 2.33 bits per heavy atom. The fourth-order valence-corrected chi connectivity index (χ4v) is 0.339. The minimum Gasteiger partial charge on any atom is -0.479 e. The topological polar surface area (TPSA) is 92.6 Å². The number of hydrogen-bond acceptors (Lipinski definition) is 4. The lowest BCUT2D eigenvalue weighted by molar-refractivity contribution is -0.143. The summed E-state index contributed by atoms with van der Waals surface area (Å²) in [6, 6.07) is 0. The van der Waals surface area contributed by atoms with Crippen molar-refractivity contribution in [1.29, 1.82) is 0 Å². The Labute approximate surface area is 53.2 Å². The molecule has 5 N–H and O–H groups in total. The van der Waals surface area contributed by atoms with Crippen LogP contribution in [0.5, 0.6) is 0 Å². The van der Waals surface area contributed by atoms with Crippen molar-refractivity contribution in [2.24, 2.45) is 11.6 Å². The lowest BCUT2D eigenvalue weighted by atomic mass is 10.5. The molecule has 0 radical (unpaired) electrons. The molecule has 0 heterocycles. The molecule has 1 unspecified atom stereocenters. The third kappa shape index (κ3) is 2.41. The zero-order chi connectivity index (χ0) is 7.44. The molecule has 0 aliphatic rings. The number of hydrazine groups is 1. The predicted octanol–water partition coefficient (Wildman–Crippen LogP) is -1.45. The first-order chi connectivity index (χ1) is 4.09. The Balaban J connectivity index is 3.72. The molecule has 0 aliphatic heterocycles. The molecule has 0 aliphatic carbocycles. The Kier molecular flexibility index (Phi) is 3.15. The summed E-state index contributed by atoms with van der Waals surface area (Å²) >= 11 is 0. The molecule has 0 amide bonds. The minimum atomic E-state index is -1.11. The molecule has 1 atom stereocenters. The van der Waals surface area contributed by atoms with Gasteiger partial charge in [0.15, 0.2) is 6.17 Å². The van der Waals surface area contributed by atoms with E-state index in [1.807, 2.05) is 0 Å². The average Bonchev–Trinajstić information content (AvgIpc) is 1.84. The summed E-state index contributed by atoms with van der Waals surface area (Å²) in [7, 11) is 0. The van der Waals surface area contributed by atoms with Gasteiger partial charge in [0, 0.05) is 6.54 Å². The van der Waals surface area contributed by atoms with Crippen LogP contribution in [0, 0.1) is 0 Å². The van der Waals surface area contributed by atoms with Crippen molar-refractivity contribution in [1.82, 2.24) is 5.01 Å². The molecule has 0 aromatic carbocycles. The number of nitrogens with two attached hydrogens (primary N) is 2. The van der Waals surface area contributed by atoms with E-state index in [0.717, 1.165) is 5.01 Å². The molecule has 0 rings (SSSR count). The highest BCUT2D eigenvalue weighted by Crippen LogP contribution is 1.82. The molecule has 9 heavy (non-hydrogen) atoms. The van der Waals surface area contributed by atoms with Gasteiger partial charge in [0.25, 0.3) is 0 Å². The largest absolute Gasteiger partial charge is 0.479 e. The molecule has 0 saturated heterocycles. The zero-order valence-electron chi connectivity index (χ0n) is 5.24. The van der Waals surface area contributed by atoms with Gasteiger partial charge in [0.05, 0.1) is 0 Å². The van der Waals surface area contributed by atoms with E-state index >= 15 is 0 Å². The molecule has 54 valence electrons. The summed E-state index contributed by atoms with van der Waals surface area (Å²) in [5.74, 6) is 4.03. The third-order valence-electron chi connectivity index (χ3n) is 0.975. The Morgan fingerprint density at radius 3 is 2.44 bits per heavy atom. The van der Waals surface area contributed by atoms with Crippen LogP contribution in [0.3, 0.4) is 0 Å². The Hall–Kier alpha value is -0.650. The van der Waals surface area contributed by atoms with Crippen molar-refractivity contribution < 1.29 is 9.90 Å². The first kappa shape index (κ1) is 8.35. The van der Waals surface area contributed by atoms with Crippen molar-refractivity contribution in [3.63, 3.8) is 0 Å². The van der Waals surface area contributed by atoms with E-state index in [1.54, 1.807) is 6.92 Å². The second kappa shape index (κ2) is 3.39. The van der Waals surface area contributed by atoms with Gasteiger partial charge < -0.3 is 10.8 Å². The first-order valence-electron chi connectivity index (χ1n) is 2.59. The number of carboxylic acids is 1. The minimum absolute atomic E-state index is 0.424. The van der Waals surface area contributed by atoms with E-state index in [9.17, 15) is 4.79 Å². The second-order valence-electron chi connectivity index (χ2n) is 1.61. The third-order valence-corrected chi connectivity index (χ3v) is 0.975. The van der Waals surface area contributed by atoms with Crippen LogP contribution >= 0.6 is 0 Å². The van der Waals surface area contributed by atoms with Crippen molar-refractivity contribution in [3.05, 3.63) is 0 Å². The molecule has 5 heteroatoms. The number of rotatable bonds is 3. The average molecular weight is 133 g/mol. The van der Waals surface area contributed by atoms with Crippen LogP contribution in [0.15, 0.2) is 0 Å². The molecular weight excluding hydrogens is 122 g/mol. The lowest BCUT2D eigenvalue weighted by Crippen LogP contribution is -2.51. The fourth-order valence-electron chi connectivity index (χ4n) is 0.339. The van der Waals surface area contributed by atoms with Crippen molar-refractivity contribution in [3.8, 4) is 0 Å². The number of aliphatic carboxylic acids is 1. The van der Waals surface area contributed by atoms with E-state index in [-0.39, 0.29) is 0 Å². The Morgan fingerprint density at radius 1 is 1.89 bits per heavy atom. The first-order valence-corrected chi connectivity index (χ1v) is 2.59. The molecule has 5 nitrogen and oxygen atoms in total. The fraction of sp³-hybridized carbons (Fsp3) is 0.750. The monoisotopic (exact) mass is 133 g/mol. The Bertz CT molecular complexity index is 106. The highest BCUT2D eigenvalue weighted by Gasteiger charge is 2.15. The predicted molar refractivity (Wildman–Crippen MR) is 32.2 cm³/mol. The van der Waals surface area contributed by atoms with E-state index in [4.69, 9.17) is 16.7 Å². The molecule has 0 spiro atoms. The quantitative estimate of drug-likeness (QED) is 0.249.